The van der Waals surface area contributed by atoms with Crippen LogP contribution in [0.25, 0.3) is 0 Å². The molecule has 0 spiro atoms. The molecule has 0 bridgehead atoms. The number of benzene rings is 2. The van der Waals surface area contributed by atoms with Crippen LogP contribution in [0, 0.1) is 5.82 Å². The smallest absolute Gasteiger partial charge is 0.217 e. The van der Waals surface area contributed by atoms with Gasteiger partial charge in [-0.3, -0.25) is 4.79 Å². The maximum Gasteiger partial charge on any atom is 0.217 e. The van der Waals surface area contributed by atoms with Crippen molar-refractivity contribution in [2.45, 2.75) is 45.6 Å². The molecule has 1 aliphatic carbocycles. The Balaban J connectivity index is 0.00000136. The fourth-order valence-electron chi connectivity index (χ4n) is 3.47. The van der Waals surface area contributed by atoms with E-state index in [-0.39, 0.29) is 11.7 Å². The van der Waals surface area contributed by atoms with Gasteiger partial charge in [-0.15, -0.1) is 0 Å². The molecule has 0 heterocycles. The van der Waals surface area contributed by atoms with Crippen LogP contribution < -0.4 is 16.4 Å². The van der Waals surface area contributed by atoms with Gasteiger partial charge in [0.15, 0.2) is 0 Å². The van der Waals surface area contributed by atoms with E-state index < -0.39 is 5.54 Å². The number of amides is 1. The Bertz CT molecular complexity index is 800. The molecule has 4 nitrogen and oxygen atoms in total. The van der Waals surface area contributed by atoms with Gasteiger partial charge >= 0.3 is 0 Å². The van der Waals surface area contributed by atoms with Gasteiger partial charge in [-0.05, 0) is 61.2 Å². The van der Waals surface area contributed by atoms with Gasteiger partial charge in [-0.1, -0.05) is 37.6 Å². The summed E-state index contributed by atoms with van der Waals surface area (Å²) in [6.45, 7) is 6.25. The van der Waals surface area contributed by atoms with Crippen LogP contribution in [0.15, 0.2) is 60.2 Å². The van der Waals surface area contributed by atoms with Crippen molar-refractivity contribution in [3.05, 3.63) is 71.6 Å². The minimum absolute atomic E-state index is 0.0592. The largest absolute Gasteiger partial charge is 0.399 e. The molecule has 0 saturated carbocycles. The van der Waals surface area contributed by atoms with Crippen LogP contribution >= 0.6 is 0 Å². The van der Waals surface area contributed by atoms with Gasteiger partial charge in [-0.2, -0.15) is 0 Å². The Morgan fingerprint density at radius 1 is 1.11 bits per heavy atom. The molecular formula is C23H30FN3O. The number of anilines is 2. The number of hydrogen-bond donors (Lipinski definition) is 3. The number of nitrogens with two attached hydrogens (primary N) is 1. The van der Waals surface area contributed by atoms with Gasteiger partial charge in [0.2, 0.25) is 5.91 Å². The summed E-state index contributed by atoms with van der Waals surface area (Å²) in [5.74, 6) is -0.311. The molecule has 0 aliphatic heterocycles. The van der Waals surface area contributed by atoms with E-state index in [1.54, 1.807) is 12.1 Å². The third-order valence-electron chi connectivity index (χ3n) is 4.66. The molecule has 0 radical (unpaired) electrons. The Hall–Kier alpha value is -2.82. The lowest BCUT2D eigenvalue weighted by atomic mass is 9.90. The zero-order valence-corrected chi connectivity index (χ0v) is 16.9. The summed E-state index contributed by atoms with van der Waals surface area (Å²) in [5, 5.41) is 6.49. The predicted octanol–water partition coefficient (Wildman–Crippen LogP) is 4.68. The number of carbonyl (C=O) groups excluding carboxylic acids is 1. The topological polar surface area (TPSA) is 67.2 Å². The molecule has 0 saturated heterocycles. The van der Waals surface area contributed by atoms with Crippen LogP contribution in [-0.4, -0.2) is 18.0 Å². The molecule has 1 aliphatic rings. The van der Waals surface area contributed by atoms with E-state index in [2.05, 4.69) is 16.7 Å². The summed E-state index contributed by atoms with van der Waals surface area (Å²) in [4.78, 5) is 11.7. The van der Waals surface area contributed by atoms with Crippen LogP contribution in [0.2, 0.25) is 0 Å². The number of nitrogens with one attached hydrogen (secondary N) is 2. The van der Waals surface area contributed by atoms with Crippen LogP contribution in [0.4, 0.5) is 15.8 Å². The number of nitrogen functional groups attached to an aromatic ring is 1. The summed E-state index contributed by atoms with van der Waals surface area (Å²) < 4.78 is 13.2. The first-order chi connectivity index (χ1) is 13.4. The van der Waals surface area contributed by atoms with Crippen molar-refractivity contribution in [1.82, 2.24) is 5.32 Å². The average molecular weight is 384 g/mol. The Morgan fingerprint density at radius 3 is 2.36 bits per heavy atom. The summed E-state index contributed by atoms with van der Waals surface area (Å²) in [6, 6.07) is 14.1. The highest BCUT2D eigenvalue weighted by molar-refractivity contribution is 5.74. The highest BCUT2D eigenvalue weighted by Gasteiger charge is 2.33. The van der Waals surface area contributed by atoms with Crippen molar-refractivity contribution in [3.8, 4) is 0 Å². The van der Waals surface area contributed by atoms with Crippen molar-refractivity contribution in [2.75, 3.05) is 17.6 Å². The van der Waals surface area contributed by atoms with Crippen LogP contribution in [0.3, 0.4) is 0 Å². The maximum atomic E-state index is 13.2. The number of hydrogen-bond acceptors (Lipinski definition) is 3. The van der Waals surface area contributed by atoms with E-state index in [4.69, 9.17) is 5.73 Å². The number of halogens is 1. The molecule has 4 N–H and O–H groups in total. The predicted molar refractivity (Wildman–Crippen MR) is 115 cm³/mol. The van der Waals surface area contributed by atoms with Crippen LogP contribution in [0.1, 0.15) is 39.2 Å². The highest BCUT2D eigenvalue weighted by atomic mass is 19.1. The second-order valence-electron chi connectivity index (χ2n) is 6.92. The molecule has 1 atom stereocenters. The summed E-state index contributed by atoms with van der Waals surface area (Å²) in [5.41, 5.74) is 9.29. The molecule has 0 aromatic heterocycles. The SMILES string of the molecule is CC.CC(=O)NC1(Cc2ccc(F)cc2)C=C(CNc2ccc(N)cc2)CC1. The van der Waals surface area contributed by atoms with Gasteiger partial charge in [0.05, 0.1) is 5.54 Å². The summed E-state index contributed by atoms with van der Waals surface area (Å²) >= 11 is 0. The lowest BCUT2D eigenvalue weighted by molar-refractivity contribution is -0.120. The van der Waals surface area contributed by atoms with Crippen LogP contribution in [-0.2, 0) is 11.2 Å². The van der Waals surface area contributed by atoms with Gasteiger partial charge < -0.3 is 16.4 Å². The molecule has 5 heteroatoms. The first-order valence-electron chi connectivity index (χ1n) is 9.77. The van der Waals surface area contributed by atoms with E-state index in [0.29, 0.717) is 13.0 Å². The lowest BCUT2D eigenvalue weighted by Crippen LogP contribution is -2.46. The van der Waals surface area contributed by atoms with Gasteiger partial charge in [0, 0.05) is 24.8 Å². The van der Waals surface area contributed by atoms with E-state index in [9.17, 15) is 9.18 Å². The van der Waals surface area contributed by atoms with Gasteiger partial charge in [0.1, 0.15) is 5.82 Å². The van der Waals surface area contributed by atoms with Crippen molar-refractivity contribution >= 4 is 17.3 Å². The van der Waals surface area contributed by atoms with Gasteiger partial charge in [0.25, 0.3) is 0 Å². The molecule has 1 unspecified atom stereocenters. The normalized spacial score (nSPS) is 17.9. The van der Waals surface area contributed by atoms with Crippen molar-refractivity contribution in [1.29, 1.82) is 0 Å². The lowest BCUT2D eigenvalue weighted by Gasteiger charge is -2.28. The quantitative estimate of drug-likeness (QED) is 0.501. The first-order valence-corrected chi connectivity index (χ1v) is 9.77. The number of carbonyl (C=O) groups is 1. The monoisotopic (exact) mass is 383 g/mol. The van der Waals surface area contributed by atoms with Gasteiger partial charge in [-0.25, -0.2) is 4.39 Å². The minimum atomic E-state index is -0.415. The molecule has 1 amide bonds. The summed E-state index contributed by atoms with van der Waals surface area (Å²) in [7, 11) is 0. The average Bonchev–Trinajstić information content (AvgIpc) is 3.07. The first kappa shape index (κ1) is 21.5. The Kier molecular flexibility index (Phi) is 7.61. The van der Waals surface area contributed by atoms with E-state index in [1.807, 2.05) is 38.1 Å². The maximum absolute atomic E-state index is 13.2. The molecule has 2 aromatic rings. The highest BCUT2D eigenvalue weighted by Crippen LogP contribution is 2.32. The third kappa shape index (κ3) is 6.12. The zero-order chi connectivity index (χ0) is 20.6. The molecule has 2 aromatic carbocycles. The van der Waals surface area contributed by atoms with Crippen molar-refractivity contribution < 1.29 is 9.18 Å². The van der Waals surface area contributed by atoms with Crippen molar-refractivity contribution in [3.63, 3.8) is 0 Å². The molecule has 0 fully saturated rings. The number of rotatable bonds is 6. The Labute approximate surface area is 167 Å². The molecule has 3 rings (SSSR count). The second-order valence-corrected chi connectivity index (χ2v) is 6.92. The molecule has 28 heavy (non-hydrogen) atoms. The van der Waals surface area contributed by atoms with Crippen molar-refractivity contribution in [2.24, 2.45) is 0 Å². The third-order valence-corrected chi connectivity index (χ3v) is 4.66. The fourth-order valence-corrected chi connectivity index (χ4v) is 3.47. The molecular weight excluding hydrogens is 353 g/mol. The minimum Gasteiger partial charge on any atom is -0.399 e. The summed E-state index contributed by atoms with van der Waals surface area (Å²) in [6.07, 6.45) is 4.55. The van der Waals surface area contributed by atoms with E-state index in [0.717, 1.165) is 29.8 Å². The van der Waals surface area contributed by atoms with E-state index in [1.165, 1.54) is 24.6 Å². The van der Waals surface area contributed by atoms with Crippen LogP contribution in [0.5, 0.6) is 0 Å². The standard InChI is InChI=1S/C21H24FN3O.C2H6/c1-15(26)25-21(12-16-2-4-18(22)5-3-16)11-10-17(13-21)14-24-20-8-6-19(23)7-9-20;1-2/h2-9,13,24H,10-12,14,23H2,1H3,(H,25,26);1-2H3. The molecule has 150 valence electrons. The second kappa shape index (κ2) is 9.93. The Morgan fingerprint density at radius 2 is 1.75 bits per heavy atom. The fraction of sp³-hybridized carbons (Fsp3) is 0.348. The zero-order valence-electron chi connectivity index (χ0n) is 16.9. The van der Waals surface area contributed by atoms with E-state index >= 15 is 0 Å².